The summed E-state index contributed by atoms with van der Waals surface area (Å²) < 4.78 is 11.2. The number of likely N-dealkylation sites (N-methyl/N-ethyl adjacent to an activating group) is 1. The molecule has 2 N–H and O–H groups in total. The number of nitrogens with zero attached hydrogens (tertiary/aromatic N) is 1. The van der Waals surface area contributed by atoms with Gasteiger partial charge in [0.05, 0.1) is 6.61 Å². The molecule has 18 heavy (non-hydrogen) atoms. The van der Waals surface area contributed by atoms with Crippen molar-refractivity contribution in [2.45, 2.75) is 26.3 Å². The number of anilines is 1. The highest BCUT2D eigenvalue weighted by atomic mass is 16.5. The fourth-order valence-corrected chi connectivity index (χ4v) is 1.31. The molecule has 0 radical (unpaired) electrons. The Morgan fingerprint density at radius 2 is 1.72 bits per heavy atom. The van der Waals surface area contributed by atoms with Gasteiger partial charge in [-0.05, 0) is 47.0 Å². The van der Waals surface area contributed by atoms with Crippen molar-refractivity contribution in [1.29, 1.82) is 0 Å². The maximum absolute atomic E-state index is 6.01. The van der Waals surface area contributed by atoms with Gasteiger partial charge < -0.3 is 20.1 Å². The van der Waals surface area contributed by atoms with Gasteiger partial charge in [0.25, 0.3) is 0 Å². The highest BCUT2D eigenvalue weighted by Gasteiger charge is 2.22. The molecule has 0 fully saturated rings. The third-order valence-electron chi connectivity index (χ3n) is 3.12. The fraction of sp³-hybridized carbons (Fsp3) is 0.571. The summed E-state index contributed by atoms with van der Waals surface area (Å²) >= 11 is 0. The van der Waals surface area contributed by atoms with Crippen molar-refractivity contribution < 1.29 is 9.47 Å². The second-order valence-electron chi connectivity index (χ2n) is 5.10. The van der Waals surface area contributed by atoms with E-state index < -0.39 is 0 Å². The first-order valence-electron chi connectivity index (χ1n) is 6.20. The van der Waals surface area contributed by atoms with Crippen molar-refractivity contribution >= 4 is 5.69 Å². The van der Waals surface area contributed by atoms with E-state index in [4.69, 9.17) is 15.2 Å². The maximum Gasteiger partial charge on any atom is 0.146 e. The van der Waals surface area contributed by atoms with E-state index in [9.17, 15) is 0 Å². The molecular formula is C14H24N2O2. The van der Waals surface area contributed by atoms with E-state index in [0.717, 1.165) is 0 Å². The molecule has 1 rings (SSSR count). The van der Waals surface area contributed by atoms with E-state index in [1.165, 1.54) is 0 Å². The first-order chi connectivity index (χ1) is 8.38. The van der Waals surface area contributed by atoms with Gasteiger partial charge in [-0.3, -0.25) is 0 Å². The van der Waals surface area contributed by atoms with Crippen molar-refractivity contribution in [2.24, 2.45) is 0 Å². The smallest absolute Gasteiger partial charge is 0.146 e. The number of hydrogen-bond acceptors (Lipinski definition) is 4. The van der Waals surface area contributed by atoms with Gasteiger partial charge in [-0.1, -0.05) is 6.07 Å². The van der Waals surface area contributed by atoms with Gasteiger partial charge in [-0.2, -0.15) is 0 Å². The number of nitrogen functional groups attached to an aromatic ring is 1. The summed E-state index contributed by atoms with van der Waals surface area (Å²) in [4.78, 5) is 2.12. The van der Waals surface area contributed by atoms with Crippen LogP contribution < -0.4 is 15.2 Å². The summed E-state index contributed by atoms with van der Waals surface area (Å²) in [6.07, 6.45) is 0. The summed E-state index contributed by atoms with van der Waals surface area (Å²) in [6.45, 7) is 7.34. The van der Waals surface area contributed by atoms with Gasteiger partial charge >= 0.3 is 0 Å². The summed E-state index contributed by atoms with van der Waals surface area (Å²) in [5.74, 6) is 1.36. The molecule has 0 saturated carbocycles. The van der Waals surface area contributed by atoms with Crippen LogP contribution in [0, 0.1) is 0 Å². The predicted octanol–water partition coefficient (Wildman–Crippen LogP) is 2.39. The number of para-hydroxylation sites is 1. The Morgan fingerprint density at radius 1 is 1.17 bits per heavy atom. The van der Waals surface area contributed by atoms with Gasteiger partial charge in [0.2, 0.25) is 0 Å². The van der Waals surface area contributed by atoms with Gasteiger partial charge in [0.15, 0.2) is 0 Å². The number of benzene rings is 1. The lowest BCUT2D eigenvalue weighted by atomic mass is 10.1. The molecule has 0 bridgehead atoms. The third-order valence-corrected chi connectivity index (χ3v) is 3.12. The minimum Gasteiger partial charge on any atom is -0.492 e. The summed E-state index contributed by atoms with van der Waals surface area (Å²) in [7, 11) is 4.06. The van der Waals surface area contributed by atoms with Crippen LogP contribution >= 0.6 is 0 Å². The Labute approximate surface area is 110 Å². The monoisotopic (exact) mass is 252 g/mol. The SMILES string of the molecule is CCOc1cccc(OCC(C)(C)N(C)C)c1N. The average molecular weight is 252 g/mol. The van der Waals surface area contributed by atoms with E-state index in [1.807, 2.05) is 39.2 Å². The lowest BCUT2D eigenvalue weighted by Crippen LogP contribution is -2.43. The quantitative estimate of drug-likeness (QED) is 0.790. The van der Waals surface area contributed by atoms with Crippen molar-refractivity contribution in [1.82, 2.24) is 4.90 Å². The standard InChI is InChI=1S/C14H24N2O2/c1-6-17-11-8-7-9-12(13(11)15)18-10-14(2,3)16(4)5/h7-9H,6,10,15H2,1-5H3. The van der Waals surface area contributed by atoms with Crippen LogP contribution in [0.25, 0.3) is 0 Å². The van der Waals surface area contributed by atoms with E-state index >= 15 is 0 Å². The Morgan fingerprint density at radius 3 is 2.22 bits per heavy atom. The molecule has 0 atom stereocenters. The predicted molar refractivity (Wildman–Crippen MR) is 75.3 cm³/mol. The zero-order valence-electron chi connectivity index (χ0n) is 12.0. The summed E-state index contributed by atoms with van der Waals surface area (Å²) in [5, 5.41) is 0. The Balaban J connectivity index is 2.77. The van der Waals surface area contributed by atoms with Gasteiger partial charge in [0, 0.05) is 5.54 Å². The second-order valence-corrected chi connectivity index (χ2v) is 5.10. The molecule has 0 amide bonds. The molecule has 0 spiro atoms. The molecule has 0 unspecified atom stereocenters. The molecule has 0 saturated heterocycles. The molecule has 0 aromatic heterocycles. The molecular weight excluding hydrogens is 228 g/mol. The van der Waals surface area contributed by atoms with Crippen LogP contribution in [0.5, 0.6) is 11.5 Å². The van der Waals surface area contributed by atoms with Gasteiger partial charge in [-0.25, -0.2) is 0 Å². The zero-order valence-corrected chi connectivity index (χ0v) is 12.0. The van der Waals surface area contributed by atoms with Crippen molar-refractivity contribution in [2.75, 3.05) is 33.0 Å². The molecule has 1 aromatic rings. The fourth-order valence-electron chi connectivity index (χ4n) is 1.31. The molecule has 4 heteroatoms. The van der Waals surface area contributed by atoms with Gasteiger partial charge in [-0.15, -0.1) is 0 Å². The van der Waals surface area contributed by atoms with E-state index in [0.29, 0.717) is 30.4 Å². The number of hydrogen-bond donors (Lipinski definition) is 1. The Bertz CT molecular complexity index is 389. The molecule has 4 nitrogen and oxygen atoms in total. The third kappa shape index (κ3) is 3.53. The second kappa shape index (κ2) is 5.96. The van der Waals surface area contributed by atoms with Crippen molar-refractivity contribution in [3.05, 3.63) is 18.2 Å². The topological polar surface area (TPSA) is 47.7 Å². The molecule has 1 aromatic carbocycles. The number of nitrogens with two attached hydrogens (primary N) is 1. The Hall–Kier alpha value is -1.42. The highest BCUT2D eigenvalue weighted by molar-refractivity contribution is 5.62. The zero-order chi connectivity index (χ0) is 13.8. The molecule has 0 heterocycles. The van der Waals surface area contributed by atoms with Crippen LogP contribution in [0.4, 0.5) is 5.69 Å². The molecule has 0 aliphatic carbocycles. The minimum absolute atomic E-state index is 0.0476. The first kappa shape index (κ1) is 14.6. The number of ether oxygens (including phenoxy) is 2. The van der Waals surface area contributed by atoms with Crippen LogP contribution in [0.1, 0.15) is 20.8 Å². The minimum atomic E-state index is -0.0476. The molecule has 0 aliphatic heterocycles. The van der Waals surface area contributed by atoms with E-state index in [2.05, 4.69) is 18.7 Å². The normalized spacial score (nSPS) is 11.7. The van der Waals surface area contributed by atoms with Crippen LogP contribution in [-0.2, 0) is 0 Å². The average Bonchev–Trinajstić information content (AvgIpc) is 2.30. The summed E-state index contributed by atoms with van der Waals surface area (Å²) in [6, 6.07) is 5.60. The lowest BCUT2D eigenvalue weighted by Gasteiger charge is -2.32. The van der Waals surface area contributed by atoms with Gasteiger partial charge in [0.1, 0.15) is 23.8 Å². The lowest BCUT2D eigenvalue weighted by molar-refractivity contribution is 0.114. The van der Waals surface area contributed by atoms with Crippen LogP contribution in [0.3, 0.4) is 0 Å². The van der Waals surface area contributed by atoms with Crippen molar-refractivity contribution in [3.8, 4) is 11.5 Å². The van der Waals surface area contributed by atoms with Crippen LogP contribution in [-0.4, -0.2) is 37.7 Å². The maximum atomic E-state index is 6.01. The van der Waals surface area contributed by atoms with Crippen LogP contribution in [0.15, 0.2) is 18.2 Å². The van der Waals surface area contributed by atoms with Crippen molar-refractivity contribution in [3.63, 3.8) is 0 Å². The number of rotatable bonds is 6. The molecule has 102 valence electrons. The summed E-state index contributed by atoms with van der Waals surface area (Å²) in [5.41, 5.74) is 6.53. The largest absolute Gasteiger partial charge is 0.492 e. The molecule has 0 aliphatic rings. The first-order valence-corrected chi connectivity index (χ1v) is 6.20. The van der Waals surface area contributed by atoms with E-state index in [1.54, 1.807) is 0 Å². The highest BCUT2D eigenvalue weighted by Crippen LogP contribution is 2.32. The van der Waals surface area contributed by atoms with E-state index in [-0.39, 0.29) is 5.54 Å². The Kier molecular flexibility index (Phi) is 4.84. The van der Waals surface area contributed by atoms with Crippen LogP contribution in [0.2, 0.25) is 0 Å².